The van der Waals surface area contributed by atoms with Gasteiger partial charge in [-0.15, -0.1) is 0 Å². The molecule has 1 aromatic heterocycles. The molecule has 0 aliphatic rings. The second kappa shape index (κ2) is 6.11. The van der Waals surface area contributed by atoms with E-state index >= 15 is 0 Å². The zero-order valence-corrected chi connectivity index (χ0v) is 9.91. The summed E-state index contributed by atoms with van der Waals surface area (Å²) in [5, 5.41) is 4.71. The molecular formula is C14H18N2O. The van der Waals surface area contributed by atoms with Gasteiger partial charge in [-0.25, -0.2) is 0 Å². The Hall–Kier alpha value is -1.74. The molecule has 90 valence electrons. The van der Waals surface area contributed by atoms with Gasteiger partial charge in [0.25, 0.3) is 0 Å². The van der Waals surface area contributed by atoms with Crippen LogP contribution in [0.5, 0.6) is 0 Å². The SMILES string of the molecule is C=COCCCNCc1cccc2[nH]ccc12. The first kappa shape index (κ1) is 11.7. The van der Waals surface area contributed by atoms with Crippen molar-refractivity contribution in [1.29, 1.82) is 0 Å². The predicted octanol–water partition coefficient (Wildman–Crippen LogP) is 2.81. The molecular weight excluding hydrogens is 212 g/mol. The fraction of sp³-hybridized carbons (Fsp3) is 0.286. The largest absolute Gasteiger partial charge is 0.502 e. The van der Waals surface area contributed by atoms with E-state index in [0.717, 1.165) is 26.1 Å². The molecule has 0 unspecified atom stereocenters. The van der Waals surface area contributed by atoms with Crippen molar-refractivity contribution in [3.8, 4) is 0 Å². The first-order valence-corrected chi connectivity index (χ1v) is 5.90. The van der Waals surface area contributed by atoms with Gasteiger partial charge in [0.05, 0.1) is 12.9 Å². The quantitative estimate of drug-likeness (QED) is 0.567. The Bertz CT molecular complexity index is 476. The van der Waals surface area contributed by atoms with Crippen molar-refractivity contribution in [2.75, 3.05) is 13.2 Å². The van der Waals surface area contributed by atoms with Gasteiger partial charge >= 0.3 is 0 Å². The third kappa shape index (κ3) is 3.11. The number of aromatic nitrogens is 1. The average Bonchev–Trinajstić information content (AvgIpc) is 2.82. The maximum Gasteiger partial charge on any atom is 0.0885 e. The van der Waals surface area contributed by atoms with Crippen LogP contribution in [0.25, 0.3) is 10.9 Å². The van der Waals surface area contributed by atoms with Gasteiger partial charge in [0.2, 0.25) is 0 Å². The van der Waals surface area contributed by atoms with E-state index in [-0.39, 0.29) is 0 Å². The number of hydrogen-bond acceptors (Lipinski definition) is 2. The molecule has 0 amide bonds. The monoisotopic (exact) mass is 230 g/mol. The summed E-state index contributed by atoms with van der Waals surface area (Å²) < 4.78 is 5.06. The molecule has 1 heterocycles. The van der Waals surface area contributed by atoms with Gasteiger partial charge in [0.1, 0.15) is 0 Å². The Kier molecular flexibility index (Phi) is 4.22. The molecule has 2 N–H and O–H groups in total. The Morgan fingerprint density at radius 2 is 2.29 bits per heavy atom. The van der Waals surface area contributed by atoms with Gasteiger partial charge in [-0.1, -0.05) is 18.7 Å². The van der Waals surface area contributed by atoms with Crippen molar-refractivity contribution in [2.24, 2.45) is 0 Å². The van der Waals surface area contributed by atoms with Gasteiger partial charge in [-0.3, -0.25) is 0 Å². The van der Waals surface area contributed by atoms with Crippen molar-refractivity contribution in [3.63, 3.8) is 0 Å². The summed E-state index contributed by atoms with van der Waals surface area (Å²) in [6.07, 6.45) is 4.46. The highest BCUT2D eigenvalue weighted by atomic mass is 16.5. The van der Waals surface area contributed by atoms with E-state index in [1.165, 1.54) is 22.7 Å². The highest BCUT2D eigenvalue weighted by Gasteiger charge is 2.00. The molecule has 0 aliphatic heterocycles. The van der Waals surface area contributed by atoms with Crippen molar-refractivity contribution in [3.05, 3.63) is 48.9 Å². The summed E-state index contributed by atoms with van der Waals surface area (Å²) in [4.78, 5) is 3.22. The lowest BCUT2D eigenvalue weighted by Crippen LogP contribution is -2.16. The van der Waals surface area contributed by atoms with Crippen LogP contribution in [0.3, 0.4) is 0 Å². The number of aromatic amines is 1. The van der Waals surface area contributed by atoms with Crippen LogP contribution in [0.4, 0.5) is 0 Å². The van der Waals surface area contributed by atoms with Crippen LogP contribution in [0.15, 0.2) is 43.3 Å². The van der Waals surface area contributed by atoms with Crippen molar-refractivity contribution in [2.45, 2.75) is 13.0 Å². The Morgan fingerprint density at radius 3 is 3.18 bits per heavy atom. The molecule has 0 bridgehead atoms. The summed E-state index contributed by atoms with van der Waals surface area (Å²) in [6, 6.07) is 8.45. The molecule has 0 fully saturated rings. The Morgan fingerprint density at radius 1 is 1.35 bits per heavy atom. The average molecular weight is 230 g/mol. The van der Waals surface area contributed by atoms with Crippen LogP contribution in [0, 0.1) is 0 Å². The van der Waals surface area contributed by atoms with Crippen LogP contribution < -0.4 is 5.32 Å². The molecule has 0 spiro atoms. The Balaban J connectivity index is 1.82. The van der Waals surface area contributed by atoms with E-state index in [1.54, 1.807) is 0 Å². The number of H-pyrrole nitrogens is 1. The number of ether oxygens (including phenoxy) is 1. The summed E-state index contributed by atoms with van der Waals surface area (Å²) in [7, 11) is 0. The molecule has 0 saturated carbocycles. The van der Waals surface area contributed by atoms with Crippen LogP contribution in [0.1, 0.15) is 12.0 Å². The van der Waals surface area contributed by atoms with E-state index in [0.29, 0.717) is 0 Å². The van der Waals surface area contributed by atoms with E-state index in [4.69, 9.17) is 4.74 Å². The number of hydrogen-bond donors (Lipinski definition) is 2. The highest BCUT2D eigenvalue weighted by molar-refractivity contribution is 5.82. The van der Waals surface area contributed by atoms with Crippen LogP contribution in [-0.4, -0.2) is 18.1 Å². The molecule has 17 heavy (non-hydrogen) atoms. The minimum Gasteiger partial charge on any atom is -0.502 e. The van der Waals surface area contributed by atoms with Crippen molar-refractivity contribution < 1.29 is 4.74 Å². The van der Waals surface area contributed by atoms with E-state index in [2.05, 4.69) is 41.1 Å². The first-order valence-electron chi connectivity index (χ1n) is 5.90. The van der Waals surface area contributed by atoms with Crippen LogP contribution in [0.2, 0.25) is 0 Å². The number of rotatable bonds is 7. The van der Waals surface area contributed by atoms with Crippen molar-refractivity contribution >= 4 is 10.9 Å². The molecule has 0 radical (unpaired) electrons. The molecule has 2 rings (SSSR count). The van der Waals surface area contributed by atoms with E-state index in [1.807, 2.05) is 6.20 Å². The normalized spacial score (nSPS) is 10.6. The van der Waals surface area contributed by atoms with Gasteiger partial charge < -0.3 is 15.0 Å². The standard InChI is InChI=1S/C14H18N2O/c1-2-17-10-4-8-15-11-12-5-3-6-14-13(12)7-9-16-14/h2-3,5-7,9,15-16H,1,4,8,10-11H2. The number of benzene rings is 1. The third-order valence-electron chi connectivity index (χ3n) is 2.73. The van der Waals surface area contributed by atoms with Gasteiger partial charge in [0.15, 0.2) is 0 Å². The lowest BCUT2D eigenvalue weighted by atomic mass is 10.1. The topological polar surface area (TPSA) is 37.0 Å². The zero-order chi connectivity index (χ0) is 11.9. The molecule has 0 aliphatic carbocycles. The lowest BCUT2D eigenvalue weighted by molar-refractivity contribution is 0.244. The molecule has 2 aromatic rings. The maximum atomic E-state index is 5.06. The minimum atomic E-state index is 0.727. The minimum absolute atomic E-state index is 0.727. The summed E-state index contributed by atoms with van der Waals surface area (Å²) >= 11 is 0. The number of fused-ring (bicyclic) bond motifs is 1. The fourth-order valence-electron chi connectivity index (χ4n) is 1.89. The summed E-state index contributed by atoms with van der Waals surface area (Å²) in [6.45, 7) is 6.08. The molecule has 0 atom stereocenters. The fourth-order valence-corrected chi connectivity index (χ4v) is 1.89. The number of nitrogens with one attached hydrogen (secondary N) is 2. The summed E-state index contributed by atoms with van der Waals surface area (Å²) in [5.74, 6) is 0. The molecule has 0 saturated heterocycles. The zero-order valence-electron chi connectivity index (χ0n) is 9.91. The molecule has 1 aromatic carbocycles. The summed E-state index contributed by atoms with van der Waals surface area (Å²) in [5.41, 5.74) is 2.52. The lowest BCUT2D eigenvalue weighted by Gasteiger charge is -2.06. The second-order valence-corrected chi connectivity index (χ2v) is 3.92. The van der Waals surface area contributed by atoms with Crippen LogP contribution in [-0.2, 0) is 11.3 Å². The van der Waals surface area contributed by atoms with Crippen LogP contribution >= 0.6 is 0 Å². The Labute approximate surface area is 101 Å². The van der Waals surface area contributed by atoms with Gasteiger partial charge in [0, 0.05) is 23.6 Å². The van der Waals surface area contributed by atoms with E-state index in [9.17, 15) is 0 Å². The second-order valence-electron chi connectivity index (χ2n) is 3.92. The van der Waals surface area contributed by atoms with Gasteiger partial charge in [-0.2, -0.15) is 0 Å². The highest BCUT2D eigenvalue weighted by Crippen LogP contribution is 2.16. The predicted molar refractivity (Wildman–Crippen MR) is 70.8 cm³/mol. The maximum absolute atomic E-state index is 5.06. The molecule has 3 nitrogen and oxygen atoms in total. The third-order valence-corrected chi connectivity index (χ3v) is 2.73. The van der Waals surface area contributed by atoms with Crippen molar-refractivity contribution in [1.82, 2.24) is 10.3 Å². The van der Waals surface area contributed by atoms with Gasteiger partial charge in [-0.05, 0) is 30.7 Å². The van der Waals surface area contributed by atoms with E-state index < -0.39 is 0 Å². The smallest absolute Gasteiger partial charge is 0.0885 e. The first-order chi connectivity index (χ1) is 8.42. The molecule has 3 heteroatoms.